The summed E-state index contributed by atoms with van der Waals surface area (Å²) in [6, 6.07) is 7.36. The molecule has 0 saturated heterocycles. The first-order chi connectivity index (χ1) is 7.63. The van der Waals surface area contributed by atoms with Crippen molar-refractivity contribution in [2.45, 2.75) is 18.3 Å². The maximum absolute atomic E-state index is 11.6. The summed E-state index contributed by atoms with van der Waals surface area (Å²) in [4.78, 5) is 0. The molecule has 2 rings (SSSR count). The molecule has 1 heterocycles. The van der Waals surface area contributed by atoms with Gasteiger partial charge in [0.25, 0.3) is 10.0 Å². The SMILES string of the molecule is O=S(=O)(N=C=S)C1CCc2ccccc2O1. The normalized spacial score (nSPS) is 19.1. The van der Waals surface area contributed by atoms with E-state index < -0.39 is 15.5 Å². The zero-order valence-electron chi connectivity index (χ0n) is 8.29. The fraction of sp³-hybridized carbons (Fsp3) is 0.300. The van der Waals surface area contributed by atoms with E-state index in [1.165, 1.54) is 0 Å². The monoisotopic (exact) mass is 255 g/mol. The highest BCUT2D eigenvalue weighted by Crippen LogP contribution is 2.29. The van der Waals surface area contributed by atoms with Gasteiger partial charge in [0, 0.05) is 6.42 Å². The number of rotatable bonds is 2. The smallest absolute Gasteiger partial charge is 0.299 e. The van der Waals surface area contributed by atoms with Gasteiger partial charge in [-0.2, -0.15) is 0 Å². The number of benzene rings is 1. The lowest BCUT2D eigenvalue weighted by atomic mass is 10.1. The first-order valence-electron chi connectivity index (χ1n) is 4.71. The highest BCUT2D eigenvalue weighted by molar-refractivity contribution is 7.91. The number of hydrogen-bond donors (Lipinski definition) is 0. The molecule has 0 fully saturated rings. The second-order valence-corrected chi connectivity index (χ2v) is 5.31. The lowest BCUT2D eigenvalue weighted by Crippen LogP contribution is -2.29. The average Bonchev–Trinajstić information content (AvgIpc) is 2.28. The Balaban J connectivity index is 2.30. The van der Waals surface area contributed by atoms with E-state index in [0.29, 0.717) is 18.6 Å². The van der Waals surface area contributed by atoms with Crippen molar-refractivity contribution in [1.82, 2.24) is 0 Å². The van der Waals surface area contributed by atoms with Crippen LogP contribution >= 0.6 is 12.2 Å². The molecular weight excluding hydrogens is 246 g/mol. The van der Waals surface area contributed by atoms with E-state index in [1.54, 1.807) is 12.1 Å². The molecule has 1 aliphatic rings. The molecule has 1 atom stereocenters. The van der Waals surface area contributed by atoms with Gasteiger partial charge in [-0.1, -0.05) is 18.2 Å². The first kappa shape index (κ1) is 11.3. The van der Waals surface area contributed by atoms with E-state index >= 15 is 0 Å². The van der Waals surface area contributed by atoms with Gasteiger partial charge in [0.1, 0.15) is 5.75 Å². The van der Waals surface area contributed by atoms with Gasteiger partial charge >= 0.3 is 0 Å². The van der Waals surface area contributed by atoms with Crippen molar-refractivity contribution in [2.75, 3.05) is 0 Å². The van der Waals surface area contributed by atoms with Crippen LogP contribution in [0.25, 0.3) is 0 Å². The maximum Gasteiger partial charge on any atom is 0.299 e. The molecule has 1 aliphatic heterocycles. The topological polar surface area (TPSA) is 55.7 Å². The molecule has 1 aromatic rings. The molecule has 0 aromatic heterocycles. The molecule has 16 heavy (non-hydrogen) atoms. The Kier molecular flexibility index (Phi) is 3.05. The summed E-state index contributed by atoms with van der Waals surface area (Å²) < 4.78 is 31.7. The van der Waals surface area contributed by atoms with Crippen LogP contribution in [-0.2, 0) is 16.4 Å². The fourth-order valence-electron chi connectivity index (χ4n) is 1.62. The van der Waals surface area contributed by atoms with Crippen molar-refractivity contribution < 1.29 is 13.2 Å². The molecule has 0 bridgehead atoms. The number of nitrogens with zero attached hydrogens (tertiary/aromatic N) is 1. The summed E-state index contributed by atoms with van der Waals surface area (Å²) in [6.45, 7) is 0. The summed E-state index contributed by atoms with van der Waals surface area (Å²) in [6.07, 6.45) is 1.05. The van der Waals surface area contributed by atoms with Crippen LogP contribution in [0.4, 0.5) is 0 Å². The highest BCUT2D eigenvalue weighted by Gasteiger charge is 2.30. The number of para-hydroxylation sites is 1. The predicted molar refractivity (Wildman–Crippen MR) is 63.1 cm³/mol. The molecule has 1 aromatic carbocycles. The van der Waals surface area contributed by atoms with Crippen LogP contribution in [0.3, 0.4) is 0 Å². The summed E-state index contributed by atoms with van der Waals surface area (Å²) in [5.74, 6) is 0.599. The lowest BCUT2D eigenvalue weighted by Gasteiger charge is -2.23. The molecule has 0 amide bonds. The van der Waals surface area contributed by atoms with E-state index in [0.717, 1.165) is 5.56 Å². The predicted octanol–water partition coefficient (Wildman–Crippen LogP) is 1.77. The minimum atomic E-state index is -3.69. The molecule has 4 nitrogen and oxygen atoms in total. The third-order valence-corrected chi connectivity index (χ3v) is 3.93. The molecule has 0 aliphatic carbocycles. The van der Waals surface area contributed by atoms with Gasteiger partial charge in [0.05, 0.1) is 5.16 Å². The Bertz CT molecular complexity index is 547. The van der Waals surface area contributed by atoms with Crippen molar-refractivity contribution in [3.05, 3.63) is 29.8 Å². The van der Waals surface area contributed by atoms with Gasteiger partial charge < -0.3 is 4.74 Å². The molecule has 0 saturated carbocycles. The number of thiocarbonyl (C=S) groups is 1. The minimum Gasteiger partial charge on any atom is -0.472 e. The van der Waals surface area contributed by atoms with E-state index in [4.69, 9.17) is 4.74 Å². The summed E-state index contributed by atoms with van der Waals surface area (Å²) in [5.41, 5.74) is 0.0677. The molecule has 0 N–H and O–H groups in total. The maximum atomic E-state index is 11.6. The molecule has 1 unspecified atom stereocenters. The number of ether oxygens (including phenoxy) is 1. The number of sulfonamides is 1. The number of hydrogen-bond acceptors (Lipinski definition) is 4. The van der Waals surface area contributed by atoms with E-state index in [9.17, 15) is 8.42 Å². The van der Waals surface area contributed by atoms with Gasteiger partial charge in [0.2, 0.25) is 5.44 Å². The van der Waals surface area contributed by atoms with Gasteiger partial charge in [0.15, 0.2) is 0 Å². The Labute approximate surface area is 99.0 Å². The van der Waals surface area contributed by atoms with Crippen LogP contribution in [0.2, 0.25) is 0 Å². The Morgan fingerprint density at radius 3 is 2.94 bits per heavy atom. The Hall–Kier alpha value is -1.23. The summed E-state index contributed by atoms with van der Waals surface area (Å²) >= 11 is 4.30. The van der Waals surface area contributed by atoms with E-state index in [1.807, 2.05) is 17.3 Å². The number of fused-ring (bicyclic) bond motifs is 1. The fourth-order valence-corrected chi connectivity index (χ4v) is 2.79. The van der Waals surface area contributed by atoms with Crippen LogP contribution < -0.4 is 4.74 Å². The van der Waals surface area contributed by atoms with Crippen molar-refractivity contribution in [3.63, 3.8) is 0 Å². The van der Waals surface area contributed by atoms with Gasteiger partial charge in [-0.3, -0.25) is 0 Å². The Morgan fingerprint density at radius 1 is 1.44 bits per heavy atom. The largest absolute Gasteiger partial charge is 0.472 e. The average molecular weight is 255 g/mol. The molecule has 6 heteroatoms. The highest BCUT2D eigenvalue weighted by atomic mass is 32.2. The van der Waals surface area contributed by atoms with Crippen molar-refractivity contribution in [2.24, 2.45) is 4.40 Å². The first-order valence-corrected chi connectivity index (χ1v) is 6.62. The van der Waals surface area contributed by atoms with Crippen LogP contribution in [0.15, 0.2) is 28.7 Å². The summed E-state index contributed by atoms with van der Waals surface area (Å²) in [7, 11) is -3.69. The van der Waals surface area contributed by atoms with E-state index in [-0.39, 0.29) is 0 Å². The van der Waals surface area contributed by atoms with Crippen LogP contribution in [0.1, 0.15) is 12.0 Å². The third kappa shape index (κ3) is 2.14. The van der Waals surface area contributed by atoms with Gasteiger partial charge in [-0.15, -0.1) is 4.40 Å². The number of aryl methyl sites for hydroxylation is 1. The molecular formula is C10H9NO3S2. The molecule has 0 radical (unpaired) electrons. The molecule has 84 valence electrons. The number of isothiocyanates is 1. The van der Waals surface area contributed by atoms with E-state index in [2.05, 4.69) is 16.6 Å². The zero-order valence-corrected chi connectivity index (χ0v) is 9.92. The van der Waals surface area contributed by atoms with Crippen molar-refractivity contribution >= 4 is 27.4 Å². The van der Waals surface area contributed by atoms with Crippen LogP contribution in [-0.4, -0.2) is 19.0 Å². The van der Waals surface area contributed by atoms with Crippen molar-refractivity contribution in [3.8, 4) is 5.75 Å². The van der Waals surface area contributed by atoms with Crippen LogP contribution in [0, 0.1) is 0 Å². The summed E-state index contributed by atoms with van der Waals surface area (Å²) in [5, 5.41) is 1.87. The second-order valence-electron chi connectivity index (χ2n) is 3.39. The Morgan fingerprint density at radius 2 is 2.19 bits per heavy atom. The zero-order chi connectivity index (χ0) is 11.6. The lowest BCUT2D eigenvalue weighted by molar-refractivity contribution is 0.243. The standard InChI is InChI=1S/C10H9NO3S2/c12-16(13,11-7-15)10-6-5-8-3-1-2-4-9(8)14-10/h1-4,10H,5-6H2. The quantitative estimate of drug-likeness (QED) is 0.597. The molecule has 0 spiro atoms. The third-order valence-electron chi connectivity index (χ3n) is 2.38. The van der Waals surface area contributed by atoms with Crippen molar-refractivity contribution in [1.29, 1.82) is 0 Å². The minimum absolute atomic E-state index is 0.389. The van der Waals surface area contributed by atoms with Gasteiger partial charge in [-0.05, 0) is 30.3 Å². The second kappa shape index (κ2) is 4.33. The van der Waals surface area contributed by atoms with Crippen LogP contribution in [0.5, 0.6) is 5.75 Å². The van der Waals surface area contributed by atoms with Gasteiger partial charge in [-0.25, -0.2) is 8.42 Å².